The summed E-state index contributed by atoms with van der Waals surface area (Å²) in [6, 6.07) is -0.210. The van der Waals surface area contributed by atoms with Crippen LogP contribution in [0.5, 0.6) is 0 Å². The second-order valence-electron chi connectivity index (χ2n) is 5.63. The minimum atomic E-state index is -1.07. The Balaban J connectivity index is 1.99. The van der Waals surface area contributed by atoms with Crippen molar-refractivity contribution in [2.75, 3.05) is 26.7 Å². The third-order valence-corrected chi connectivity index (χ3v) is 4.16. The molecule has 2 aliphatic heterocycles. The number of amides is 2. The van der Waals surface area contributed by atoms with E-state index in [2.05, 4.69) is 0 Å². The van der Waals surface area contributed by atoms with Crippen molar-refractivity contribution in [3.05, 3.63) is 0 Å². The number of hydrogen-bond acceptors (Lipinski definition) is 3. The average molecular weight is 270 g/mol. The first-order chi connectivity index (χ1) is 8.95. The molecule has 0 spiro atoms. The van der Waals surface area contributed by atoms with E-state index in [1.54, 1.807) is 18.9 Å². The summed E-state index contributed by atoms with van der Waals surface area (Å²) in [6.45, 7) is 3.42. The minimum Gasteiger partial charge on any atom is -0.480 e. The Labute approximate surface area is 113 Å². The number of carbonyl (C=O) groups excluding carboxylic acids is 1. The number of likely N-dealkylation sites (N-methyl/N-ethyl adjacent to an activating group) is 1. The van der Waals surface area contributed by atoms with Gasteiger partial charge in [-0.1, -0.05) is 0 Å². The number of hydrogen-bond donors (Lipinski definition) is 1. The van der Waals surface area contributed by atoms with E-state index in [0.29, 0.717) is 19.5 Å². The quantitative estimate of drug-likeness (QED) is 0.835. The van der Waals surface area contributed by atoms with E-state index in [1.165, 1.54) is 4.90 Å². The standard InChI is InChI=1S/C13H22N2O4/c1-13(11(16)17)6-4-7-15(13)12(18)14(2)9-10-5-3-8-19-10/h10H,3-9H2,1-2H3,(H,16,17). The van der Waals surface area contributed by atoms with E-state index in [4.69, 9.17) is 4.74 Å². The van der Waals surface area contributed by atoms with Crippen molar-refractivity contribution in [3.8, 4) is 0 Å². The SMILES string of the molecule is CN(CC1CCCO1)C(=O)N1CCCC1(C)C(=O)O. The van der Waals surface area contributed by atoms with Gasteiger partial charge in [-0.2, -0.15) is 0 Å². The van der Waals surface area contributed by atoms with Crippen molar-refractivity contribution < 1.29 is 19.4 Å². The maximum atomic E-state index is 12.4. The predicted octanol–water partition coefficient (Wildman–Crippen LogP) is 1.16. The van der Waals surface area contributed by atoms with Crippen LogP contribution in [0.15, 0.2) is 0 Å². The van der Waals surface area contributed by atoms with Crippen molar-refractivity contribution in [2.24, 2.45) is 0 Å². The second kappa shape index (κ2) is 5.36. The monoisotopic (exact) mass is 270 g/mol. The molecule has 2 aliphatic rings. The van der Waals surface area contributed by atoms with Crippen LogP contribution in [0.1, 0.15) is 32.6 Å². The van der Waals surface area contributed by atoms with Crippen LogP contribution < -0.4 is 0 Å². The molecule has 2 amide bonds. The fraction of sp³-hybridized carbons (Fsp3) is 0.846. The highest BCUT2D eigenvalue weighted by molar-refractivity contribution is 5.86. The Bertz CT molecular complexity index is 368. The molecule has 2 saturated heterocycles. The number of rotatable bonds is 3. The van der Waals surface area contributed by atoms with Gasteiger partial charge in [0.15, 0.2) is 0 Å². The molecular weight excluding hydrogens is 248 g/mol. The molecule has 2 heterocycles. The summed E-state index contributed by atoms with van der Waals surface area (Å²) in [7, 11) is 1.71. The number of likely N-dealkylation sites (tertiary alicyclic amines) is 1. The van der Waals surface area contributed by atoms with Crippen LogP contribution in [0, 0.1) is 0 Å². The summed E-state index contributed by atoms with van der Waals surface area (Å²) in [5.41, 5.74) is -1.07. The Morgan fingerprint density at radius 1 is 1.47 bits per heavy atom. The van der Waals surface area contributed by atoms with Gasteiger partial charge in [0, 0.05) is 26.7 Å². The van der Waals surface area contributed by atoms with Crippen LogP contribution >= 0.6 is 0 Å². The Kier molecular flexibility index (Phi) is 3.99. The summed E-state index contributed by atoms with van der Waals surface area (Å²) in [5, 5.41) is 9.32. The predicted molar refractivity (Wildman–Crippen MR) is 69.0 cm³/mol. The minimum absolute atomic E-state index is 0.0904. The maximum Gasteiger partial charge on any atom is 0.329 e. The topological polar surface area (TPSA) is 70.1 Å². The summed E-state index contributed by atoms with van der Waals surface area (Å²) in [5.74, 6) is -0.927. The van der Waals surface area contributed by atoms with Crippen molar-refractivity contribution in [2.45, 2.75) is 44.2 Å². The second-order valence-corrected chi connectivity index (χ2v) is 5.63. The molecule has 0 aromatic rings. The smallest absolute Gasteiger partial charge is 0.329 e. The van der Waals surface area contributed by atoms with Crippen LogP contribution in [0.3, 0.4) is 0 Å². The van der Waals surface area contributed by atoms with Gasteiger partial charge in [-0.3, -0.25) is 0 Å². The van der Waals surface area contributed by atoms with Gasteiger partial charge >= 0.3 is 12.0 Å². The number of carbonyl (C=O) groups is 2. The van der Waals surface area contributed by atoms with E-state index in [1.807, 2.05) is 0 Å². The first kappa shape index (κ1) is 14.1. The van der Waals surface area contributed by atoms with Gasteiger partial charge in [-0.05, 0) is 32.6 Å². The molecule has 1 N–H and O–H groups in total. The number of carboxylic acids is 1. The van der Waals surface area contributed by atoms with Crippen molar-refractivity contribution in [1.82, 2.24) is 9.80 Å². The molecule has 108 valence electrons. The maximum absolute atomic E-state index is 12.4. The third kappa shape index (κ3) is 2.68. The lowest BCUT2D eigenvalue weighted by Gasteiger charge is -2.35. The fourth-order valence-corrected chi connectivity index (χ4v) is 2.87. The van der Waals surface area contributed by atoms with E-state index < -0.39 is 11.5 Å². The molecule has 2 fully saturated rings. The zero-order valence-electron chi connectivity index (χ0n) is 11.6. The molecule has 19 heavy (non-hydrogen) atoms. The van der Waals surface area contributed by atoms with Crippen LogP contribution in [-0.4, -0.2) is 65.3 Å². The van der Waals surface area contributed by atoms with Gasteiger partial charge in [-0.15, -0.1) is 0 Å². The normalized spacial score (nSPS) is 30.6. The lowest BCUT2D eigenvalue weighted by atomic mass is 10.00. The number of carboxylic acid groups (broad SMARTS) is 1. The Morgan fingerprint density at radius 2 is 2.21 bits per heavy atom. The largest absolute Gasteiger partial charge is 0.480 e. The molecule has 0 aromatic carbocycles. The molecule has 0 aliphatic carbocycles. The molecule has 0 radical (unpaired) electrons. The molecular formula is C13H22N2O4. The first-order valence-corrected chi connectivity index (χ1v) is 6.83. The Morgan fingerprint density at radius 3 is 2.79 bits per heavy atom. The lowest BCUT2D eigenvalue weighted by Crippen LogP contribution is -2.55. The van der Waals surface area contributed by atoms with Gasteiger partial charge in [0.25, 0.3) is 0 Å². The van der Waals surface area contributed by atoms with E-state index in [-0.39, 0.29) is 12.1 Å². The van der Waals surface area contributed by atoms with E-state index >= 15 is 0 Å². The van der Waals surface area contributed by atoms with Crippen LogP contribution in [0.4, 0.5) is 4.79 Å². The molecule has 0 bridgehead atoms. The molecule has 2 unspecified atom stereocenters. The van der Waals surface area contributed by atoms with Gasteiger partial charge in [0.05, 0.1) is 6.10 Å². The zero-order valence-corrected chi connectivity index (χ0v) is 11.6. The molecule has 2 atom stereocenters. The van der Waals surface area contributed by atoms with Gasteiger partial charge < -0.3 is 19.6 Å². The van der Waals surface area contributed by atoms with Gasteiger partial charge in [-0.25, -0.2) is 9.59 Å². The van der Waals surface area contributed by atoms with Crippen LogP contribution in [0.25, 0.3) is 0 Å². The van der Waals surface area contributed by atoms with Crippen molar-refractivity contribution in [1.29, 1.82) is 0 Å². The number of ether oxygens (including phenoxy) is 1. The molecule has 6 nitrogen and oxygen atoms in total. The molecule has 0 aromatic heterocycles. The highest BCUT2D eigenvalue weighted by atomic mass is 16.5. The van der Waals surface area contributed by atoms with Crippen LogP contribution in [0.2, 0.25) is 0 Å². The number of urea groups is 1. The van der Waals surface area contributed by atoms with Crippen molar-refractivity contribution in [3.63, 3.8) is 0 Å². The third-order valence-electron chi connectivity index (χ3n) is 4.16. The molecule has 6 heteroatoms. The summed E-state index contributed by atoms with van der Waals surface area (Å²) >= 11 is 0. The summed E-state index contributed by atoms with van der Waals surface area (Å²) < 4.78 is 5.51. The van der Waals surface area contributed by atoms with Gasteiger partial charge in [0.2, 0.25) is 0 Å². The fourth-order valence-electron chi connectivity index (χ4n) is 2.87. The average Bonchev–Trinajstić information content (AvgIpc) is 2.98. The molecule has 2 rings (SSSR count). The highest BCUT2D eigenvalue weighted by Gasteiger charge is 2.46. The van der Waals surface area contributed by atoms with E-state index in [0.717, 1.165) is 25.9 Å². The molecule has 0 saturated carbocycles. The summed E-state index contributed by atoms with van der Waals surface area (Å²) in [4.78, 5) is 26.8. The van der Waals surface area contributed by atoms with Crippen LogP contribution in [-0.2, 0) is 9.53 Å². The van der Waals surface area contributed by atoms with Gasteiger partial charge in [0.1, 0.15) is 5.54 Å². The van der Waals surface area contributed by atoms with E-state index in [9.17, 15) is 14.7 Å². The number of nitrogens with zero attached hydrogens (tertiary/aromatic N) is 2. The Hall–Kier alpha value is -1.30. The lowest BCUT2D eigenvalue weighted by molar-refractivity contribution is -0.147. The summed E-state index contributed by atoms with van der Waals surface area (Å²) in [6.07, 6.45) is 3.34. The zero-order chi connectivity index (χ0) is 14.0. The highest BCUT2D eigenvalue weighted by Crippen LogP contribution is 2.30. The number of aliphatic carboxylic acids is 1. The first-order valence-electron chi connectivity index (χ1n) is 6.83. The van der Waals surface area contributed by atoms with Crippen molar-refractivity contribution >= 4 is 12.0 Å².